The Morgan fingerprint density at radius 2 is 1.63 bits per heavy atom. The van der Waals surface area contributed by atoms with Gasteiger partial charge in [-0.2, -0.15) is 13.2 Å². The highest BCUT2D eigenvalue weighted by atomic mass is 32.2. The number of halogens is 6. The summed E-state index contributed by atoms with van der Waals surface area (Å²) < 4.78 is 78.8. The van der Waals surface area contributed by atoms with Gasteiger partial charge in [-0.3, -0.25) is 14.5 Å². The van der Waals surface area contributed by atoms with Gasteiger partial charge < -0.3 is 4.74 Å². The number of ether oxygens (including phenoxy) is 1. The Labute approximate surface area is 170 Å². The van der Waals surface area contributed by atoms with Gasteiger partial charge in [0.25, 0.3) is 11.1 Å². The third-order valence-corrected chi connectivity index (χ3v) is 4.79. The van der Waals surface area contributed by atoms with Gasteiger partial charge in [0.2, 0.25) is 0 Å². The van der Waals surface area contributed by atoms with E-state index in [0.717, 1.165) is 29.2 Å². The highest BCUT2D eigenvalue weighted by molar-refractivity contribution is 8.18. The topological polar surface area (TPSA) is 46.6 Å². The fraction of sp³-hybridized carbons (Fsp3) is 0.158. The molecule has 0 N–H and O–H groups in total. The molecule has 1 aliphatic rings. The maximum Gasteiger partial charge on any atom is 0.573 e. The minimum absolute atomic E-state index is 0.0589. The van der Waals surface area contributed by atoms with Crippen LogP contribution in [0.15, 0.2) is 53.4 Å². The number of carbonyl (C=O) groups is 2. The first kappa shape index (κ1) is 21.8. The molecule has 0 atom stereocenters. The number of hydrogen-bond acceptors (Lipinski definition) is 4. The van der Waals surface area contributed by atoms with Crippen molar-refractivity contribution in [2.75, 3.05) is 0 Å². The van der Waals surface area contributed by atoms with Crippen molar-refractivity contribution in [3.63, 3.8) is 0 Å². The highest BCUT2D eigenvalue weighted by Crippen LogP contribution is 2.35. The lowest BCUT2D eigenvalue weighted by molar-refractivity contribution is -0.274. The average Bonchev–Trinajstić information content (AvgIpc) is 2.89. The third kappa shape index (κ3) is 5.35. The minimum Gasteiger partial charge on any atom is -0.406 e. The molecule has 158 valence electrons. The van der Waals surface area contributed by atoms with Crippen LogP contribution in [0, 0.1) is 0 Å². The second-order valence-corrected chi connectivity index (χ2v) is 7.08. The zero-order valence-corrected chi connectivity index (χ0v) is 15.6. The van der Waals surface area contributed by atoms with E-state index in [1.165, 1.54) is 30.3 Å². The van der Waals surface area contributed by atoms with Crippen LogP contribution in [-0.4, -0.2) is 22.4 Å². The molecule has 2 amide bonds. The molecule has 3 rings (SSSR count). The van der Waals surface area contributed by atoms with Crippen LogP contribution in [0.1, 0.15) is 16.7 Å². The summed E-state index contributed by atoms with van der Waals surface area (Å²) in [5.41, 5.74) is -0.423. The zero-order valence-electron chi connectivity index (χ0n) is 14.8. The maximum absolute atomic E-state index is 12.8. The third-order valence-electron chi connectivity index (χ3n) is 3.88. The molecular formula is C19H11F6NO3S. The van der Waals surface area contributed by atoms with Crippen molar-refractivity contribution in [1.82, 2.24) is 4.90 Å². The quantitative estimate of drug-likeness (QED) is 0.437. The van der Waals surface area contributed by atoms with E-state index in [0.29, 0.717) is 17.3 Å². The number of nitrogens with zero attached hydrogens (tertiary/aromatic N) is 1. The standard InChI is InChI=1S/C19H11F6NO3S/c20-18(21,22)13-3-1-2-12(8-13)9-15-16(27)26(17(28)30-15)10-11-4-6-14(7-5-11)29-19(23,24)25/h1-9H,10H2/b15-9+. The van der Waals surface area contributed by atoms with Crippen LogP contribution >= 0.6 is 11.8 Å². The fourth-order valence-corrected chi connectivity index (χ4v) is 3.41. The first-order valence-electron chi connectivity index (χ1n) is 8.20. The van der Waals surface area contributed by atoms with Gasteiger partial charge in [0, 0.05) is 0 Å². The van der Waals surface area contributed by atoms with Gasteiger partial charge in [0.1, 0.15) is 5.75 Å². The molecule has 1 fully saturated rings. The summed E-state index contributed by atoms with van der Waals surface area (Å²) in [4.78, 5) is 25.4. The Morgan fingerprint density at radius 3 is 2.23 bits per heavy atom. The number of thioether (sulfide) groups is 1. The van der Waals surface area contributed by atoms with Crippen molar-refractivity contribution < 1.29 is 40.7 Å². The van der Waals surface area contributed by atoms with Crippen molar-refractivity contribution in [1.29, 1.82) is 0 Å². The molecule has 0 bridgehead atoms. The van der Waals surface area contributed by atoms with Gasteiger partial charge in [0.15, 0.2) is 0 Å². The Balaban J connectivity index is 1.74. The van der Waals surface area contributed by atoms with E-state index < -0.39 is 35.0 Å². The molecule has 1 saturated heterocycles. The molecule has 0 radical (unpaired) electrons. The maximum atomic E-state index is 12.8. The van der Waals surface area contributed by atoms with E-state index >= 15 is 0 Å². The number of alkyl halides is 6. The van der Waals surface area contributed by atoms with Crippen molar-refractivity contribution in [2.45, 2.75) is 19.1 Å². The summed E-state index contributed by atoms with van der Waals surface area (Å²) in [5.74, 6) is -1.16. The molecule has 2 aromatic rings. The van der Waals surface area contributed by atoms with Crippen LogP contribution in [0.5, 0.6) is 5.75 Å². The Hall–Kier alpha value is -2.95. The highest BCUT2D eigenvalue weighted by Gasteiger charge is 2.36. The van der Waals surface area contributed by atoms with Crippen molar-refractivity contribution >= 4 is 29.0 Å². The molecule has 4 nitrogen and oxygen atoms in total. The molecule has 0 saturated carbocycles. The molecule has 0 aliphatic carbocycles. The smallest absolute Gasteiger partial charge is 0.406 e. The Kier molecular flexibility index (Phi) is 5.84. The van der Waals surface area contributed by atoms with E-state index in [9.17, 15) is 35.9 Å². The summed E-state index contributed by atoms with van der Waals surface area (Å²) in [6.07, 6.45) is -8.21. The molecule has 0 unspecified atom stereocenters. The van der Waals surface area contributed by atoms with Gasteiger partial charge in [0.05, 0.1) is 17.0 Å². The van der Waals surface area contributed by atoms with E-state index in [1.807, 2.05) is 0 Å². The minimum atomic E-state index is -4.85. The Bertz CT molecular complexity index is 999. The molecule has 0 spiro atoms. The summed E-state index contributed by atoms with van der Waals surface area (Å²) >= 11 is 0.564. The molecule has 0 aromatic heterocycles. The van der Waals surface area contributed by atoms with Crippen molar-refractivity contribution in [3.8, 4) is 5.75 Å². The number of rotatable bonds is 4. The zero-order chi connectivity index (χ0) is 22.1. The normalized spacial score (nSPS) is 16.5. The molecule has 30 heavy (non-hydrogen) atoms. The average molecular weight is 447 g/mol. The van der Waals surface area contributed by atoms with Crippen LogP contribution in [0.2, 0.25) is 0 Å². The number of hydrogen-bond donors (Lipinski definition) is 0. The van der Waals surface area contributed by atoms with Crippen LogP contribution in [0.3, 0.4) is 0 Å². The van der Waals surface area contributed by atoms with Crippen LogP contribution in [0.25, 0.3) is 6.08 Å². The van der Waals surface area contributed by atoms with Crippen LogP contribution in [-0.2, 0) is 17.5 Å². The lowest BCUT2D eigenvalue weighted by Gasteiger charge is -2.13. The monoisotopic (exact) mass is 447 g/mol. The molecule has 11 heteroatoms. The molecule has 2 aromatic carbocycles. The van der Waals surface area contributed by atoms with Crippen molar-refractivity contribution in [3.05, 3.63) is 70.1 Å². The largest absolute Gasteiger partial charge is 0.573 e. The first-order valence-corrected chi connectivity index (χ1v) is 9.01. The fourth-order valence-electron chi connectivity index (χ4n) is 2.57. The van der Waals surface area contributed by atoms with E-state index in [1.54, 1.807) is 0 Å². The lowest BCUT2D eigenvalue weighted by Crippen LogP contribution is -2.27. The molecule has 1 heterocycles. The second-order valence-electron chi connectivity index (χ2n) is 6.08. The van der Waals surface area contributed by atoms with E-state index in [2.05, 4.69) is 4.74 Å². The number of benzene rings is 2. The van der Waals surface area contributed by atoms with Crippen LogP contribution in [0.4, 0.5) is 31.1 Å². The predicted octanol–water partition coefficient (Wildman–Crippen LogP) is 5.84. The van der Waals surface area contributed by atoms with E-state index in [4.69, 9.17) is 0 Å². The molecule has 1 aliphatic heterocycles. The Morgan fingerprint density at radius 1 is 0.967 bits per heavy atom. The SMILES string of the molecule is O=C1S/C(=C/c2cccc(C(F)(F)F)c2)C(=O)N1Cc1ccc(OC(F)(F)F)cc1. The molecular weight excluding hydrogens is 436 g/mol. The lowest BCUT2D eigenvalue weighted by atomic mass is 10.1. The summed E-state index contributed by atoms with van der Waals surface area (Å²) in [7, 11) is 0. The van der Waals surface area contributed by atoms with Gasteiger partial charge >= 0.3 is 12.5 Å². The number of imide groups is 1. The first-order chi connectivity index (χ1) is 13.9. The predicted molar refractivity (Wildman–Crippen MR) is 96.1 cm³/mol. The summed E-state index contributed by atoms with van der Waals surface area (Å²) in [5, 5.41) is -0.645. The summed E-state index contributed by atoms with van der Waals surface area (Å²) in [6, 6.07) is 8.90. The van der Waals surface area contributed by atoms with Gasteiger partial charge in [-0.25, -0.2) is 0 Å². The van der Waals surface area contributed by atoms with Crippen LogP contribution < -0.4 is 4.74 Å². The van der Waals surface area contributed by atoms with Gasteiger partial charge in [-0.15, -0.1) is 13.2 Å². The summed E-state index contributed by atoms with van der Waals surface area (Å²) in [6.45, 7) is -0.211. The number of amides is 2. The van der Waals surface area contributed by atoms with E-state index in [-0.39, 0.29) is 17.0 Å². The number of carbonyl (C=O) groups excluding carboxylic acids is 2. The second kappa shape index (κ2) is 8.05. The van der Waals surface area contributed by atoms with Gasteiger partial charge in [-0.1, -0.05) is 24.3 Å². The van der Waals surface area contributed by atoms with Gasteiger partial charge in [-0.05, 0) is 53.2 Å². The van der Waals surface area contributed by atoms with Crippen molar-refractivity contribution in [2.24, 2.45) is 0 Å².